The molecule has 0 radical (unpaired) electrons. The first-order chi connectivity index (χ1) is 13.3. The fourth-order valence-corrected chi connectivity index (χ4v) is 3.41. The van der Waals surface area contributed by atoms with Crippen LogP contribution in [0.2, 0.25) is 0 Å². The topological polar surface area (TPSA) is 131 Å². The number of primary amides is 1. The molecule has 2 aromatic rings. The number of nitro groups is 1. The van der Waals surface area contributed by atoms with Crippen LogP contribution in [0.15, 0.2) is 41.0 Å². The monoisotopic (exact) mass is 447 g/mol. The molecule has 9 nitrogen and oxygen atoms in total. The summed E-state index contributed by atoms with van der Waals surface area (Å²) in [6.07, 6.45) is 2.77. The smallest absolute Gasteiger partial charge is 0.270 e. The number of piperidine rings is 1. The van der Waals surface area contributed by atoms with Crippen LogP contribution in [0.25, 0.3) is 0 Å². The molecule has 1 fully saturated rings. The predicted octanol–water partition coefficient (Wildman–Crippen LogP) is 2.71. The highest BCUT2D eigenvalue weighted by atomic mass is 79.9. The number of nitrogens with two attached hydrogens (primary N) is 1. The van der Waals surface area contributed by atoms with E-state index in [0.717, 1.165) is 4.47 Å². The SMILES string of the molecule is NC(=O)c1cc([N+](=O)[O-])ccc1N1CCC(C(=O)Nc2ccc(Br)cn2)CC1. The molecule has 0 aliphatic carbocycles. The zero-order chi connectivity index (χ0) is 20.3. The van der Waals surface area contributed by atoms with Crippen molar-refractivity contribution in [1.29, 1.82) is 0 Å². The maximum atomic E-state index is 12.5. The molecule has 10 heteroatoms. The molecule has 1 aliphatic rings. The summed E-state index contributed by atoms with van der Waals surface area (Å²) in [5, 5.41) is 13.7. The van der Waals surface area contributed by atoms with Gasteiger partial charge in [0.1, 0.15) is 5.82 Å². The minimum absolute atomic E-state index is 0.103. The quantitative estimate of drug-likeness (QED) is 0.534. The van der Waals surface area contributed by atoms with Crippen LogP contribution < -0.4 is 16.0 Å². The first-order valence-corrected chi connectivity index (χ1v) is 9.40. The van der Waals surface area contributed by atoms with E-state index in [4.69, 9.17) is 5.73 Å². The Kier molecular flexibility index (Phi) is 5.88. The summed E-state index contributed by atoms with van der Waals surface area (Å²) in [6.45, 7) is 1.06. The molecule has 28 heavy (non-hydrogen) atoms. The van der Waals surface area contributed by atoms with Gasteiger partial charge in [-0.1, -0.05) is 0 Å². The van der Waals surface area contributed by atoms with Gasteiger partial charge in [0.15, 0.2) is 0 Å². The first-order valence-electron chi connectivity index (χ1n) is 8.61. The molecule has 0 saturated carbocycles. The number of rotatable bonds is 5. The van der Waals surface area contributed by atoms with Gasteiger partial charge in [-0.2, -0.15) is 0 Å². The zero-order valence-electron chi connectivity index (χ0n) is 14.8. The summed E-state index contributed by atoms with van der Waals surface area (Å²) < 4.78 is 0.826. The van der Waals surface area contributed by atoms with Gasteiger partial charge in [-0.05, 0) is 47.0 Å². The Morgan fingerprint density at radius 1 is 1.25 bits per heavy atom. The number of non-ortho nitro benzene ring substituents is 1. The van der Waals surface area contributed by atoms with E-state index in [2.05, 4.69) is 26.2 Å². The Balaban J connectivity index is 1.66. The van der Waals surface area contributed by atoms with Crippen molar-refractivity contribution in [2.24, 2.45) is 11.7 Å². The van der Waals surface area contributed by atoms with Gasteiger partial charge < -0.3 is 16.0 Å². The number of nitrogens with zero attached hydrogens (tertiary/aromatic N) is 3. The number of hydrogen-bond acceptors (Lipinski definition) is 6. The summed E-state index contributed by atoms with van der Waals surface area (Å²) in [5.74, 6) is -0.521. The van der Waals surface area contributed by atoms with Gasteiger partial charge in [-0.25, -0.2) is 4.98 Å². The first kappa shape index (κ1) is 19.7. The van der Waals surface area contributed by atoms with Crippen molar-refractivity contribution < 1.29 is 14.5 Å². The lowest BCUT2D eigenvalue weighted by atomic mass is 9.95. The Bertz CT molecular complexity index is 911. The molecule has 1 aromatic heterocycles. The largest absolute Gasteiger partial charge is 0.371 e. The highest BCUT2D eigenvalue weighted by Gasteiger charge is 2.27. The van der Waals surface area contributed by atoms with Crippen LogP contribution in [0.4, 0.5) is 17.2 Å². The number of pyridine rings is 1. The number of carbonyl (C=O) groups excluding carboxylic acids is 2. The fourth-order valence-electron chi connectivity index (χ4n) is 3.17. The Morgan fingerprint density at radius 3 is 2.54 bits per heavy atom. The molecule has 0 atom stereocenters. The molecule has 3 rings (SSSR count). The number of amides is 2. The lowest BCUT2D eigenvalue weighted by Crippen LogP contribution is -2.39. The molecular formula is C18H18BrN5O4. The molecule has 2 heterocycles. The molecule has 1 aromatic carbocycles. The third-order valence-corrected chi connectivity index (χ3v) is 5.11. The van der Waals surface area contributed by atoms with Crippen molar-refractivity contribution in [1.82, 2.24) is 4.98 Å². The van der Waals surface area contributed by atoms with E-state index in [-0.39, 0.29) is 23.1 Å². The van der Waals surface area contributed by atoms with Gasteiger partial charge in [0.05, 0.1) is 16.2 Å². The molecule has 1 saturated heterocycles. The number of carbonyl (C=O) groups is 2. The molecule has 0 spiro atoms. The third kappa shape index (κ3) is 4.45. The van der Waals surface area contributed by atoms with Crippen LogP contribution in [0.5, 0.6) is 0 Å². The van der Waals surface area contributed by atoms with Gasteiger partial charge in [0.25, 0.3) is 11.6 Å². The molecule has 2 amide bonds. The molecule has 3 N–H and O–H groups in total. The summed E-state index contributed by atoms with van der Waals surface area (Å²) in [4.78, 5) is 40.6. The van der Waals surface area contributed by atoms with Gasteiger partial charge in [-0.15, -0.1) is 0 Å². The van der Waals surface area contributed by atoms with E-state index in [1.54, 1.807) is 18.3 Å². The number of nitrogens with one attached hydrogen (secondary N) is 1. The lowest BCUT2D eigenvalue weighted by molar-refractivity contribution is -0.384. The van der Waals surface area contributed by atoms with Crippen LogP contribution in [0.1, 0.15) is 23.2 Å². The van der Waals surface area contributed by atoms with Crippen LogP contribution in [0.3, 0.4) is 0 Å². The van der Waals surface area contributed by atoms with Crippen LogP contribution in [-0.2, 0) is 4.79 Å². The Morgan fingerprint density at radius 2 is 1.96 bits per heavy atom. The minimum Gasteiger partial charge on any atom is -0.371 e. The van der Waals surface area contributed by atoms with Crippen molar-refractivity contribution >= 4 is 44.9 Å². The van der Waals surface area contributed by atoms with E-state index in [1.807, 2.05) is 4.90 Å². The number of halogens is 1. The fraction of sp³-hybridized carbons (Fsp3) is 0.278. The maximum Gasteiger partial charge on any atom is 0.270 e. The standard InChI is InChI=1S/C18H18BrN5O4/c19-12-1-4-16(21-10-12)22-18(26)11-5-7-23(8-6-11)15-3-2-13(24(27)28)9-14(15)17(20)25/h1-4,9-11H,5-8H2,(H2,20,25)(H,21,22,26). The maximum absolute atomic E-state index is 12.5. The van der Waals surface area contributed by atoms with Crippen molar-refractivity contribution in [3.05, 3.63) is 56.7 Å². The second-order valence-corrected chi connectivity index (χ2v) is 7.35. The second-order valence-electron chi connectivity index (χ2n) is 6.44. The van der Waals surface area contributed by atoms with Crippen LogP contribution >= 0.6 is 15.9 Å². The number of benzene rings is 1. The van der Waals surface area contributed by atoms with E-state index in [1.165, 1.54) is 18.2 Å². The van der Waals surface area contributed by atoms with Crippen molar-refractivity contribution in [2.45, 2.75) is 12.8 Å². The highest BCUT2D eigenvalue weighted by Crippen LogP contribution is 2.29. The summed E-state index contributed by atoms with van der Waals surface area (Å²) in [5.41, 5.74) is 5.87. The van der Waals surface area contributed by atoms with Crippen molar-refractivity contribution in [2.75, 3.05) is 23.3 Å². The normalized spacial score (nSPS) is 14.5. The van der Waals surface area contributed by atoms with Gasteiger partial charge >= 0.3 is 0 Å². The molecule has 0 bridgehead atoms. The number of nitro benzene ring substituents is 1. The van der Waals surface area contributed by atoms with E-state index < -0.39 is 10.8 Å². The predicted molar refractivity (Wildman–Crippen MR) is 107 cm³/mol. The van der Waals surface area contributed by atoms with E-state index >= 15 is 0 Å². The zero-order valence-corrected chi connectivity index (χ0v) is 16.4. The summed E-state index contributed by atoms with van der Waals surface area (Å²) >= 11 is 3.29. The van der Waals surface area contributed by atoms with Gasteiger partial charge in [-0.3, -0.25) is 19.7 Å². The number of hydrogen-bond donors (Lipinski definition) is 2. The average Bonchev–Trinajstić information content (AvgIpc) is 2.69. The number of anilines is 2. The summed E-state index contributed by atoms with van der Waals surface area (Å²) in [6, 6.07) is 7.58. The van der Waals surface area contributed by atoms with Crippen LogP contribution in [0, 0.1) is 16.0 Å². The van der Waals surface area contributed by atoms with Gasteiger partial charge in [0, 0.05) is 41.8 Å². The molecule has 0 unspecified atom stereocenters. The second kappa shape index (κ2) is 8.34. The summed E-state index contributed by atoms with van der Waals surface area (Å²) in [7, 11) is 0. The molecule has 146 valence electrons. The lowest BCUT2D eigenvalue weighted by Gasteiger charge is -2.33. The number of aromatic nitrogens is 1. The highest BCUT2D eigenvalue weighted by molar-refractivity contribution is 9.10. The average molecular weight is 448 g/mol. The van der Waals surface area contributed by atoms with Gasteiger partial charge in [0.2, 0.25) is 5.91 Å². The van der Waals surface area contributed by atoms with Crippen LogP contribution in [-0.4, -0.2) is 34.8 Å². The minimum atomic E-state index is -0.722. The molecule has 1 aliphatic heterocycles. The molecular weight excluding hydrogens is 430 g/mol. The Labute approximate surface area is 169 Å². The third-order valence-electron chi connectivity index (χ3n) is 4.64. The van der Waals surface area contributed by atoms with Crippen molar-refractivity contribution in [3.8, 4) is 0 Å². The van der Waals surface area contributed by atoms with E-state index in [9.17, 15) is 19.7 Å². The van der Waals surface area contributed by atoms with E-state index in [0.29, 0.717) is 37.4 Å². The van der Waals surface area contributed by atoms with Crippen molar-refractivity contribution in [3.63, 3.8) is 0 Å². The Hall–Kier alpha value is -3.01.